The van der Waals surface area contributed by atoms with Gasteiger partial charge in [-0.15, -0.1) is 11.3 Å². The van der Waals surface area contributed by atoms with Crippen molar-refractivity contribution in [3.63, 3.8) is 0 Å². The molecule has 0 bridgehead atoms. The van der Waals surface area contributed by atoms with E-state index in [2.05, 4.69) is 29.6 Å². The van der Waals surface area contributed by atoms with Gasteiger partial charge in [-0.2, -0.15) is 5.10 Å². The summed E-state index contributed by atoms with van der Waals surface area (Å²) in [6.45, 7) is 6.77. The fourth-order valence-corrected chi connectivity index (χ4v) is 3.65. The summed E-state index contributed by atoms with van der Waals surface area (Å²) in [5, 5.41) is 13.6. The third-order valence-electron chi connectivity index (χ3n) is 4.49. The minimum absolute atomic E-state index is 0.0552. The van der Waals surface area contributed by atoms with Crippen molar-refractivity contribution in [3.8, 4) is 10.6 Å². The monoisotopic (exact) mass is 355 g/mol. The molecule has 2 N–H and O–H groups in total. The van der Waals surface area contributed by atoms with E-state index in [9.17, 15) is 4.79 Å². The predicted octanol–water partition coefficient (Wildman–Crippen LogP) is 2.69. The molecule has 1 aliphatic heterocycles. The molecule has 25 heavy (non-hydrogen) atoms. The van der Waals surface area contributed by atoms with Crippen LogP contribution in [0.4, 0.5) is 0 Å². The maximum atomic E-state index is 12.8. The predicted molar refractivity (Wildman–Crippen MR) is 99.9 cm³/mol. The Hall–Kier alpha value is -2.25. The van der Waals surface area contributed by atoms with Gasteiger partial charge in [0.15, 0.2) is 5.65 Å². The number of nitrogens with zero attached hydrogens (tertiary/aromatic N) is 3. The number of fused-ring (bicyclic) bond motifs is 1. The first-order valence-corrected chi connectivity index (χ1v) is 9.42. The highest BCUT2D eigenvalue weighted by Crippen LogP contribution is 2.28. The van der Waals surface area contributed by atoms with Crippen LogP contribution in [-0.2, 0) is 0 Å². The first-order valence-electron chi connectivity index (χ1n) is 8.54. The van der Waals surface area contributed by atoms with Gasteiger partial charge in [0.1, 0.15) is 0 Å². The van der Waals surface area contributed by atoms with Crippen LogP contribution in [0.5, 0.6) is 0 Å². The first kappa shape index (κ1) is 16.2. The van der Waals surface area contributed by atoms with Crippen molar-refractivity contribution in [1.82, 2.24) is 25.4 Å². The summed E-state index contributed by atoms with van der Waals surface area (Å²) in [6, 6.07) is 6.08. The summed E-state index contributed by atoms with van der Waals surface area (Å²) < 4.78 is 1.87. The average molecular weight is 355 g/mol. The van der Waals surface area contributed by atoms with Crippen molar-refractivity contribution < 1.29 is 4.79 Å². The van der Waals surface area contributed by atoms with Crippen molar-refractivity contribution in [2.45, 2.75) is 19.9 Å². The summed E-state index contributed by atoms with van der Waals surface area (Å²) in [5.74, 6) is 0.469. The second kappa shape index (κ2) is 6.57. The number of amides is 1. The van der Waals surface area contributed by atoms with E-state index in [-0.39, 0.29) is 11.9 Å². The highest BCUT2D eigenvalue weighted by Gasteiger charge is 2.21. The van der Waals surface area contributed by atoms with Crippen LogP contribution in [0, 0.1) is 5.92 Å². The summed E-state index contributed by atoms with van der Waals surface area (Å²) in [5.41, 5.74) is 2.23. The van der Waals surface area contributed by atoms with Crippen LogP contribution in [0.2, 0.25) is 0 Å². The molecule has 0 radical (unpaired) electrons. The van der Waals surface area contributed by atoms with E-state index < -0.39 is 0 Å². The van der Waals surface area contributed by atoms with Gasteiger partial charge in [0, 0.05) is 31.6 Å². The minimum Gasteiger partial charge on any atom is -0.352 e. The Bertz CT molecular complexity index is 896. The summed E-state index contributed by atoms with van der Waals surface area (Å²) >= 11 is 1.62. The molecule has 0 aliphatic carbocycles. The maximum Gasteiger partial charge on any atom is 0.252 e. The number of rotatable bonds is 5. The smallest absolute Gasteiger partial charge is 0.252 e. The lowest BCUT2D eigenvalue weighted by molar-refractivity contribution is 0.0944. The highest BCUT2D eigenvalue weighted by atomic mass is 32.1. The summed E-state index contributed by atoms with van der Waals surface area (Å²) in [4.78, 5) is 18.6. The van der Waals surface area contributed by atoms with Gasteiger partial charge in [-0.1, -0.05) is 6.07 Å². The Kier molecular flexibility index (Phi) is 4.27. The van der Waals surface area contributed by atoms with Crippen molar-refractivity contribution in [3.05, 3.63) is 35.3 Å². The molecule has 4 rings (SSSR count). The van der Waals surface area contributed by atoms with Gasteiger partial charge in [-0.25, -0.2) is 9.67 Å². The van der Waals surface area contributed by atoms with Crippen LogP contribution in [0.3, 0.4) is 0 Å². The maximum absolute atomic E-state index is 12.8. The number of aromatic nitrogens is 3. The van der Waals surface area contributed by atoms with Crippen molar-refractivity contribution in [2.24, 2.45) is 5.92 Å². The topological polar surface area (TPSA) is 71.8 Å². The molecule has 0 aromatic carbocycles. The lowest BCUT2D eigenvalue weighted by atomic mass is 10.0. The van der Waals surface area contributed by atoms with E-state index in [1.165, 1.54) is 0 Å². The summed E-state index contributed by atoms with van der Waals surface area (Å²) in [7, 11) is 0. The van der Waals surface area contributed by atoms with Gasteiger partial charge in [-0.3, -0.25) is 4.79 Å². The molecule has 0 spiro atoms. The fourth-order valence-electron chi connectivity index (χ4n) is 2.96. The largest absolute Gasteiger partial charge is 0.352 e. The van der Waals surface area contributed by atoms with Gasteiger partial charge in [-0.05, 0) is 31.4 Å². The number of pyridine rings is 1. The van der Waals surface area contributed by atoms with Crippen LogP contribution in [0.25, 0.3) is 21.6 Å². The SMILES string of the molecule is CC(C)n1ncc2c(C(=O)NCC3CNC3)cc(-c3cccs3)nc21. The normalized spacial score (nSPS) is 14.8. The number of carbonyl (C=O) groups excluding carboxylic acids is 1. The third-order valence-corrected chi connectivity index (χ3v) is 5.38. The lowest BCUT2D eigenvalue weighted by Crippen LogP contribution is -2.48. The molecule has 1 amide bonds. The van der Waals surface area contributed by atoms with Gasteiger partial charge >= 0.3 is 0 Å². The third kappa shape index (κ3) is 3.05. The zero-order valence-corrected chi connectivity index (χ0v) is 15.1. The molecule has 3 aromatic heterocycles. The van der Waals surface area contributed by atoms with Crippen LogP contribution >= 0.6 is 11.3 Å². The Labute approximate surface area is 150 Å². The van der Waals surface area contributed by atoms with Crippen molar-refractivity contribution in [2.75, 3.05) is 19.6 Å². The molecule has 0 atom stereocenters. The molecule has 0 unspecified atom stereocenters. The molecular weight excluding hydrogens is 334 g/mol. The molecule has 6 nitrogen and oxygen atoms in total. The summed E-state index contributed by atoms with van der Waals surface area (Å²) in [6.07, 6.45) is 1.75. The lowest BCUT2D eigenvalue weighted by Gasteiger charge is -2.27. The average Bonchev–Trinajstić information content (AvgIpc) is 3.21. The van der Waals surface area contributed by atoms with Crippen molar-refractivity contribution in [1.29, 1.82) is 0 Å². The highest BCUT2D eigenvalue weighted by molar-refractivity contribution is 7.13. The van der Waals surface area contributed by atoms with E-state index in [0.717, 1.165) is 34.7 Å². The molecule has 1 saturated heterocycles. The molecule has 4 heterocycles. The van der Waals surface area contributed by atoms with Crippen molar-refractivity contribution >= 4 is 28.3 Å². The Morgan fingerprint density at radius 2 is 2.32 bits per heavy atom. The molecule has 0 saturated carbocycles. The Morgan fingerprint density at radius 3 is 2.96 bits per heavy atom. The number of thiophene rings is 1. The number of hydrogen-bond acceptors (Lipinski definition) is 5. The van der Waals surface area contributed by atoms with E-state index in [4.69, 9.17) is 4.98 Å². The molecular formula is C18H21N5OS. The van der Waals surface area contributed by atoms with E-state index in [0.29, 0.717) is 18.0 Å². The van der Waals surface area contributed by atoms with E-state index in [1.54, 1.807) is 17.5 Å². The van der Waals surface area contributed by atoms with E-state index in [1.807, 2.05) is 28.3 Å². The number of carbonyl (C=O) groups is 1. The molecule has 7 heteroatoms. The van der Waals surface area contributed by atoms with Gasteiger partial charge < -0.3 is 10.6 Å². The van der Waals surface area contributed by atoms with Gasteiger partial charge in [0.25, 0.3) is 5.91 Å². The molecule has 1 fully saturated rings. The first-order chi connectivity index (χ1) is 12.1. The van der Waals surface area contributed by atoms with Crippen LogP contribution < -0.4 is 10.6 Å². The van der Waals surface area contributed by atoms with Gasteiger partial charge in [0.05, 0.1) is 27.7 Å². The second-order valence-corrected chi connectivity index (χ2v) is 7.63. The standard InChI is InChI=1S/C18H21N5OS/c1-11(2)23-17-14(10-21-23)13(18(24)20-9-12-7-19-8-12)6-15(22-17)16-4-3-5-25-16/h3-6,10-12,19H,7-9H2,1-2H3,(H,20,24). The quantitative estimate of drug-likeness (QED) is 0.738. The zero-order chi connectivity index (χ0) is 17.4. The fraction of sp³-hybridized carbons (Fsp3) is 0.389. The van der Waals surface area contributed by atoms with Crippen LogP contribution in [0.1, 0.15) is 30.2 Å². The van der Waals surface area contributed by atoms with Gasteiger partial charge in [0.2, 0.25) is 0 Å². The van der Waals surface area contributed by atoms with Crippen LogP contribution in [0.15, 0.2) is 29.8 Å². The second-order valence-electron chi connectivity index (χ2n) is 6.69. The molecule has 1 aliphatic rings. The zero-order valence-electron chi connectivity index (χ0n) is 14.3. The Balaban J connectivity index is 1.76. The molecule has 130 valence electrons. The number of hydrogen-bond donors (Lipinski definition) is 2. The number of nitrogens with one attached hydrogen (secondary N) is 2. The van der Waals surface area contributed by atoms with Crippen LogP contribution in [-0.4, -0.2) is 40.3 Å². The Morgan fingerprint density at radius 1 is 1.48 bits per heavy atom. The molecule has 3 aromatic rings. The van der Waals surface area contributed by atoms with E-state index >= 15 is 0 Å². The minimum atomic E-state index is -0.0552.